The van der Waals surface area contributed by atoms with E-state index >= 15 is 0 Å². The Morgan fingerprint density at radius 3 is 0.938 bits per heavy atom. The third-order valence-corrected chi connectivity index (χ3v) is 5.60. The van der Waals surface area contributed by atoms with E-state index in [0.717, 1.165) is 0 Å². The van der Waals surface area contributed by atoms with Crippen molar-refractivity contribution < 1.29 is 77.0 Å². The van der Waals surface area contributed by atoms with Crippen LogP contribution in [0.3, 0.4) is 0 Å². The standard InChI is InChI=1S/C32H34O16/c1-15(2)27(37)43-11-19(12-44-28(38)16(3)4)47-31(41)23-10-24(22(26(35)36)9-21(23)25(33)34)32(42)48-20(13-45-29(39)17(5)6)14-46-30(40)18(7)8/h9-10,19-20H,1,3,5,7,11-14H2,2,4,6,8H3,(H,33,34)(H,35,36). The van der Waals surface area contributed by atoms with Crippen molar-refractivity contribution in [1.29, 1.82) is 0 Å². The van der Waals surface area contributed by atoms with Crippen LogP contribution in [0.2, 0.25) is 0 Å². The van der Waals surface area contributed by atoms with E-state index in [1.54, 1.807) is 0 Å². The number of hydrogen-bond acceptors (Lipinski definition) is 14. The molecule has 0 fully saturated rings. The summed E-state index contributed by atoms with van der Waals surface area (Å²) in [5.74, 6) is -10.2. The highest BCUT2D eigenvalue weighted by Gasteiger charge is 2.31. The Bertz CT molecular complexity index is 1390. The summed E-state index contributed by atoms with van der Waals surface area (Å²) in [6, 6.07) is 1.05. The Labute approximate surface area is 274 Å². The van der Waals surface area contributed by atoms with Gasteiger partial charge in [-0.15, -0.1) is 0 Å². The number of carbonyl (C=O) groups excluding carboxylic acids is 6. The molecule has 0 radical (unpaired) electrons. The maximum Gasteiger partial charge on any atom is 0.339 e. The van der Waals surface area contributed by atoms with Gasteiger partial charge in [0, 0.05) is 22.3 Å². The number of aromatic carboxylic acids is 2. The van der Waals surface area contributed by atoms with Crippen molar-refractivity contribution in [3.8, 4) is 0 Å². The number of benzene rings is 1. The fraction of sp³-hybridized carbons (Fsp3) is 0.312. The van der Waals surface area contributed by atoms with E-state index in [2.05, 4.69) is 26.3 Å². The van der Waals surface area contributed by atoms with Gasteiger partial charge in [-0.2, -0.15) is 0 Å². The lowest BCUT2D eigenvalue weighted by atomic mass is 9.98. The molecule has 0 aliphatic carbocycles. The molecule has 0 aromatic heterocycles. The van der Waals surface area contributed by atoms with Crippen molar-refractivity contribution in [3.63, 3.8) is 0 Å². The zero-order valence-corrected chi connectivity index (χ0v) is 26.6. The first-order chi connectivity index (χ1) is 22.3. The molecule has 0 saturated carbocycles. The zero-order chi connectivity index (χ0) is 36.9. The molecule has 0 aliphatic rings. The Hall–Kier alpha value is -6.06. The third-order valence-electron chi connectivity index (χ3n) is 5.60. The average molecular weight is 675 g/mol. The van der Waals surface area contributed by atoms with Gasteiger partial charge in [-0.1, -0.05) is 26.3 Å². The quantitative estimate of drug-likeness (QED) is 0.129. The summed E-state index contributed by atoms with van der Waals surface area (Å²) in [5, 5.41) is 19.5. The molecular weight excluding hydrogens is 640 g/mol. The molecule has 2 N–H and O–H groups in total. The molecule has 0 heterocycles. The first-order valence-corrected chi connectivity index (χ1v) is 13.6. The van der Waals surface area contributed by atoms with Gasteiger partial charge in [0.15, 0.2) is 12.2 Å². The lowest BCUT2D eigenvalue weighted by Crippen LogP contribution is -2.32. The molecule has 16 nitrogen and oxygen atoms in total. The SMILES string of the molecule is C=C(C)C(=O)OCC(COC(=O)C(=C)C)OC(=O)c1cc(C(=O)OC(COC(=O)C(=C)C)COC(=O)C(=C)C)c(C(=O)O)cc1C(=O)O. The zero-order valence-electron chi connectivity index (χ0n) is 26.6. The van der Waals surface area contributed by atoms with E-state index in [4.69, 9.17) is 28.4 Å². The van der Waals surface area contributed by atoms with E-state index in [1.807, 2.05) is 0 Å². The van der Waals surface area contributed by atoms with Gasteiger partial charge in [0.1, 0.15) is 26.4 Å². The van der Waals surface area contributed by atoms with E-state index < -0.39 is 109 Å². The van der Waals surface area contributed by atoms with Crippen LogP contribution in [0, 0.1) is 0 Å². The third kappa shape index (κ3) is 12.4. The van der Waals surface area contributed by atoms with E-state index in [-0.39, 0.29) is 22.3 Å². The molecule has 0 amide bonds. The van der Waals surface area contributed by atoms with Crippen molar-refractivity contribution >= 4 is 47.8 Å². The van der Waals surface area contributed by atoms with Crippen LogP contribution in [0.25, 0.3) is 0 Å². The maximum absolute atomic E-state index is 13.3. The van der Waals surface area contributed by atoms with E-state index in [0.29, 0.717) is 12.1 Å². The highest BCUT2D eigenvalue weighted by molar-refractivity contribution is 6.09. The molecule has 0 bridgehead atoms. The van der Waals surface area contributed by atoms with Gasteiger partial charge >= 0.3 is 47.8 Å². The Morgan fingerprint density at radius 2 is 0.729 bits per heavy atom. The number of carboxylic acid groups (broad SMARTS) is 2. The smallest absolute Gasteiger partial charge is 0.339 e. The molecule has 0 atom stereocenters. The van der Waals surface area contributed by atoms with Crippen molar-refractivity contribution in [3.05, 3.63) is 83.0 Å². The second-order valence-corrected chi connectivity index (χ2v) is 10.1. The minimum atomic E-state index is -1.81. The van der Waals surface area contributed by atoms with Gasteiger partial charge in [-0.25, -0.2) is 38.4 Å². The molecule has 48 heavy (non-hydrogen) atoms. The molecule has 1 aromatic rings. The second kappa shape index (κ2) is 18.2. The Balaban J connectivity index is 3.56. The van der Waals surface area contributed by atoms with Crippen LogP contribution < -0.4 is 0 Å². The van der Waals surface area contributed by atoms with Crippen molar-refractivity contribution in [1.82, 2.24) is 0 Å². The molecule has 0 saturated heterocycles. The van der Waals surface area contributed by atoms with E-state index in [1.165, 1.54) is 27.7 Å². The van der Waals surface area contributed by atoms with Crippen molar-refractivity contribution in [2.75, 3.05) is 26.4 Å². The summed E-state index contributed by atoms with van der Waals surface area (Å²) in [4.78, 5) is 98.2. The summed E-state index contributed by atoms with van der Waals surface area (Å²) >= 11 is 0. The first-order valence-electron chi connectivity index (χ1n) is 13.6. The van der Waals surface area contributed by atoms with Gasteiger partial charge in [-0.05, 0) is 39.8 Å². The van der Waals surface area contributed by atoms with Crippen LogP contribution >= 0.6 is 0 Å². The van der Waals surface area contributed by atoms with Crippen LogP contribution in [-0.2, 0) is 47.6 Å². The number of ether oxygens (including phenoxy) is 6. The minimum absolute atomic E-state index is 0.0262. The lowest BCUT2D eigenvalue weighted by Gasteiger charge is -2.20. The van der Waals surface area contributed by atoms with Crippen LogP contribution in [0.1, 0.15) is 69.1 Å². The molecule has 0 spiro atoms. The summed E-state index contributed by atoms with van der Waals surface area (Å²) < 4.78 is 30.3. The van der Waals surface area contributed by atoms with Gasteiger partial charge in [0.05, 0.1) is 22.3 Å². The highest BCUT2D eigenvalue weighted by Crippen LogP contribution is 2.22. The Kier molecular flexibility index (Phi) is 15.1. The normalized spacial score (nSPS) is 10.3. The van der Waals surface area contributed by atoms with Crippen LogP contribution in [0.5, 0.6) is 0 Å². The first kappa shape index (κ1) is 40.0. The summed E-state index contributed by atoms with van der Waals surface area (Å²) in [7, 11) is 0. The van der Waals surface area contributed by atoms with Gasteiger partial charge in [0.25, 0.3) is 0 Å². The van der Waals surface area contributed by atoms with Gasteiger partial charge in [0.2, 0.25) is 0 Å². The fourth-order valence-electron chi connectivity index (χ4n) is 3.12. The summed E-state index contributed by atoms with van der Waals surface area (Å²) in [6.07, 6.45) is -3.06. The maximum atomic E-state index is 13.3. The van der Waals surface area contributed by atoms with Crippen LogP contribution in [0.15, 0.2) is 60.7 Å². The van der Waals surface area contributed by atoms with Gasteiger partial charge in [-0.3, -0.25) is 0 Å². The van der Waals surface area contributed by atoms with Crippen LogP contribution in [-0.4, -0.2) is 96.6 Å². The van der Waals surface area contributed by atoms with Gasteiger partial charge < -0.3 is 38.6 Å². The number of esters is 6. The fourth-order valence-corrected chi connectivity index (χ4v) is 3.12. The van der Waals surface area contributed by atoms with E-state index in [9.17, 15) is 48.6 Å². The molecule has 16 heteroatoms. The number of rotatable bonds is 18. The molecule has 1 rings (SSSR count). The van der Waals surface area contributed by atoms with Crippen molar-refractivity contribution in [2.45, 2.75) is 39.9 Å². The number of carbonyl (C=O) groups is 8. The summed E-state index contributed by atoms with van der Waals surface area (Å²) in [5.41, 5.74) is -3.67. The molecular formula is C32H34O16. The predicted octanol–water partition coefficient (Wildman–Crippen LogP) is 2.61. The van der Waals surface area contributed by atoms with Crippen molar-refractivity contribution in [2.24, 2.45) is 0 Å². The minimum Gasteiger partial charge on any atom is -0.478 e. The number of hydrogen-bond donors (Lipinski definition) is 2. The summed E-state index contributed by atoms with van der Waals surface area (Å²) in [6.45, 7) is 16.1. The molecule has 1 aromatic carbocycles. The monoisotopic (exact) mass is 674 g/mol. The largest absolute Gasteiger partial charge is 0.478 e. The molecule has 0 aliphatic heterocycles. The highest BCUT2D eigenvalue weighted by atomic mass is 16.6. The van der Waals surface area contributed by atoms with Crippen LogP contribution in [0.4, 0.5) is 0 Å². The lowest BCUT2D eigenvalue weighted by molar-refractivity contribution is -0.149. The predicted molar refractivity (Wildman–Crippen MR) is 162 cm³/mol. The number of carboxylic acids is 2. The topological polar surface area (TPSA) is 232 Å². The average Bonchev–Trinajstić information content (AvgIpc) is 3.01. The Morgan fingerprint density at radius 1 is 0.500 bits per heavy atom. The second-order valence-electron chi connectivity index (χ2n) is 10.1. The molecule has 0 unspecified atom stereocenters. The molecule has 258 valence electrons.